The van der Waals surface area contributed by atoms with Gasteiger partial charge in [-0.25, -0.2) is 0 Å². The smallest absolute Gasteiger partial charge is 0.220 e. The van der Waals surface area contributed by atoms with Crippen molar-refractivity contribution in [1.29, 1.82) is 0 Å². The summed E-state index contributed by atoms with van der Waals surface area (Å²) in [6, 6.07) is -0.906. The van der Waals surface area contributed by atoms with Crippen molar-refractivity contribution >= 4 is 5.91 Å². The Balaban J connectivity index is 1.76. The molecule has 14 nitrogen and oxygen atoms in total. The third kappa shape index (κ3) is 24.4. The summed E-state index contributed by atoms with van der Waals surface area (Å²) < 4.78 is 22.6. The first-order valence-corrected chi connectivity index (χ1v) is 25.4. The van der Waals surface area contributed by atoms with Crippen molar-refractivity contribution in [2.24, 2.45) is 0 Å². The fraction of sp³-hybridized carbons (Fsp3) is 0.939. The summed E-state index contributed by atoms with van der Waals surface area (Å²) in [5.41, 5.74) is 0. The lowest BCUT2D eigenvalue weighted by Gasteiger charge is -2.46. The van der Waals surface area contributed by atoms with Crippen molar-refractivity contribution in [3.05, 3.63) is 12.2 Å². The number of hydrogen-bond acceptors (Lipinski definition) is 13. The van der Waals surface area contributed by atoms with Crippen LogP contribution >= 0.6 is 0 Å². The maximum atomic E-state index is 13.0. The van der Waals surface area contributed by atoms with Crippen LogP contribution < -0.4 is 5.32 Å². The van der Waals surface area contributed by atoms with Crippen LogP contribution in [0.25, 0.3) is 0 Å². The Morgan fingerprint density at radius 1 is 0.556 bits per heavy atom. The molecule has 12 atom stereocenters. The molecule has 2 saturated heterocycles. The summed E-state index contributed by atoms with van der Waals surface area (Å²) in [5, 5.41) is 86.5. The molecule has 2 rings (SSSR count). The van der Waals surface area contributed by atoms with Gasteiger partial charge < -0.3 is 65.1 Å². The molecule has 1 amide bonds. The van der Waals surface area contributed by atoms with E-state index in [1.54, 1.807) is 6.08 Å². The fourth-order valence-corrected chi connectivity index (χ4v) is 8.53. The van der Waals surface area contributed by atoms with Crippen LogP contribution in [0.5, 0.6) is 0 Å². The van der Waals surface area contributed by atoms with Gasteiger partial charge in [0, 0.05) is 6.42 Å². The van der Waals surface area contributed by atoms with Gasteiger partial charge >= 0.3 is 0 Å². The molecule has 372 valence electrons. The van der Waals surface area contributed by atoms with Gasteiger partial charge in [0.15, 0.2) is 12.6 Å². The molecular weight excluding hydrogens is 811 g/mol. The highest BCUT2D eigenvalue weighted by molar-refractivity contribution is 5.76. The number of rotatable bonds is 39. The van der Waals surface area contributed by atoms with Gasteiger partial charge in [0.25, 0.3) is 0 Å². The fourth-order valence-electron chi connectivity index (χ4n) is 8.53. The van der Waals surface area contributed by atoms with E-state index in [2.05, 4.69) is 19.2 Å². The van der Waals surface area contributed by atoms with Gasteiger partial charge in [-0.1, -0.05) is 187 Å². The van der Waals surface area contributed by atoms with Crippen molar-refractivity contribution in [3.63, 3.8) is 0 Å². The zero-order chi connectivity index (χ0) is 46.1. The number of unbranched alkanes of at least 4 members (excludes halogenated alkanes) is 26. The van der Waals surface area contributed by atoms with Gasteiger partial charge in [0.2, 0.25) is 5.91 Å². The normalized spacial score (nSPS) is 27.5. The van der Waals surface area contributed by atoms with Crippen LogP contribution in [-0.2, 0) is 23.7 Å². The quantitative estimate of drug-likeness (QED) is 0.0241. The third-order valence-corrected chi connectivity index (χ3v) is 12.7. The van der Waals surface area contributed by atoms with E-state index in [4.69, 9.17) is 18.9 Å². The van der Waals surface area contributed by atoms with Crippen molar-refractivity contribution in [1.82, 2.24) is 5.32 Å². The molecule has 2 heterocycles. The molecule has 0 radical (unpaired) electrons. The third-order valence-electron chi connectivity index (χ3n) is 12.7. The van der Waals surface area contributed by atoms with Gasteiger partial charge in [-0.2, -0.15) is 0 Å². The molecule has 0 aromatic heterocycles. The van der Waals surface area contributed by atoms with E-state index < -0.39 is 86.8 Å². The zero-order valence-electron chi connectivity index (χ0n) is 39.3. The molecule has 0 aromatic rings. The minimum absolute atomic E-state index is 0.245. The summed E-state index contributed by atoms with van der Waals surface area (Å²) in [5.74, 6) is -0.245. The van der Waals surface area contributed by atoms with Crippen LogP contribution in [-0.4, -0.2) is 140 Å². The second-order valence-electron chi connectivity index (χ2n) is 18.3. The minimum Gasteiger partial charge on any atom is -0.394 e. The Hall–Kier alpha value is -1.27. The molecule has 14 heteroatoms. The van der Waals surface area contributed by atoms with E-state index in [0.717, 1.165) is 38.5 Å². The second-order valence-corrected chi connectivity index (χ2v) is 18.3. The molecule has 9 N–H and O–H groups in total. The molecule has 2 fully saturated rings. The number of carbonyl (C=O) groups excluding carboxylic acids is 1. The Morgan fingerprint density at radius 2 is 0.984 bits per heavy atom. The summed E-state index contributed by atoms with van der Waals surface area (Å²) >= 11 is 0. The number of aliphatic hydroxyl groups is 8. The second kappa shape index (κ2) is 36.8. The molecule has 63 heavy (non-hydrogen) atoms. The Kier molecular flexibility index (Phi) is 33.8. The van der Waals surface area contributed by atoms with Gasteiger partial charge in [-0.15, -0.1) is 0 Å². The predicted molar refractivity (Wildman–Crippen MR) is 245 cm³/mol. The lowest BCUT2D eigenvalue weighted by atomic mass is 9.97. The summed E-state index contributed by atoms with van der Waals surface area (Å²) in [6.07, 6.45) is 21.5. The van der Waals surface area contributed by atoms with E-state index in [-0.39, 0.29) is 18.9 Å². The van der Waals surface area contributed by atoms with Gasteiger partial charge in [0.05, 0.1) is 32.0 Å². The molecule has 0 aromatic carbocycles. The lowest BCUT2D eigenvalue weighted by molar-refractivity contribution is -0.359. The van der Waals surface area contributed by atoms with E-state index in [1.165, 1.54) is 135 Å². The first kappa shape index (κ1) is 57.9. The molecular formula is C49H93NO13. The highest BCUT2D eigenvalue weighted by Crippen LogP contribution is 2.30. The number of allylic oxidation sites excluding steroid dienone is 1. The van der Waals surface area contributed by atoms with Crippen LogP contribution in [0.4, 0.5) is 0 Å². The first-order valence-electron chi connectivity index (χ1n) is 25.4. The number of amides is 1. The molecule has 0 spiro atoms. The molecule has 0 saturated carbocycles. The van der Waals surface area contributed by atoms with E-state index in [0.29, 0.717) is 6.42 Å². The number of carbonyl (C=O) groups is 1. The molecule has 2 aliphatic rings. The SMILES string of the molecule is CCCCCCCCCCCCCCCCCCCCCC/C=C/C(O)C(COC1OC(CO)C(OC2OC(CO)C(O)C(O)C2O)C(O)C1O)NC(=O)CCCCCCCCC. The first-order chi connectivity index (χ1) is 30.6. The Labute approximate surface area is 380 Å². The Bertz CT molecular complexity index is 1120. The Morgan fingerprint density at radius 3 is 1.46 bits per heavy atom. The zero-order valence-corrected chi connectivity index (χ0v) is 39.3. The maximum Gasteiger partial charge on any atom is 0.220 e. The lowest BCUT2D eigenvalue weighted by Crippen LogP contribution is -2.65. The van der Waals surface area contributed by atoms with Crippen LogP contribution in [0.1, 0.15) is 200 Å². The monoisotopic (exact) mass is 904 g/mol. The number of ether oxygens (including phenoxy) is 4. The van der Waals surface area contributed by atoms with Crippen LogP contribution in [0.15, 0.2) is 12.2 Å². The molecule has 0 aliphatic carbocycles. The van der Waals surface area contributed by atoms with Crippen molar-refractivity contribution in [2.75, 3.05) is 19.8 Å². The van der Waals surface area contributed by atoms with Crippen LogP contribution in [0.2, 0.25) is 0 Å². The van der Waals surface area contributed by atoms with Crippen LogP contribution in [0, 0.1) is 0 Å². The highest BCUT2D eigenvalue weighted by atomic mass is 16.7. The number of hydrogen-bond donors (Lipinski definition) is 9. The van der Waals surface area contributed by atoms with E-state index in [9.17, 15) is 45.6 Å². The van der Waals surface area contributed by atoms with Crippen molar-refractivity contribution in [3.8, 4) is 0 Å². The predicted octanol–water partition coefficient (Wildman–Crippen LogP) is 6.38. The average Bonchev–Trinajstić information content (AvgIpc) is 3.28. The summed E-state index contributed by atoms with van der Waals surface area (Å²) in [7, 11) is 0. The van der Waals surface area contributed by atoms with Gasteiger partial charge in [-0.05, 0) is 19.3 Å². The largest absolute Gasteiger partial charge is 0.394 e. The maximum absolute atomic E-state index is 13.0. The summed E-state index contributed by atoms with van der Waals surface area (Å²) in [6.45, 7) is 2.74. The molecule has 2 aliphatic heterocycles. The average molecular weight is 904 g/mol. The van der Waals surface area contributed by atoms with Gasteiger partial charge in [0.1, 0.15) is 48.8 Å². The number of nitrogens with one attached hydrogen (secondary N) is 1. The summed E-state index contributed by atoms with van der Waals surface area (Å²) in [4.78, 5) is 13.0. The minimum atomic E-state index is -1.78. The highest BCUT2D eigenvalue weighted by Gasteiger charge is 2.51. The number of aliphatic hydroxyl groups excluding tert-OH is 8. The topological polar surface area (TPSA) is 228 Å². The van der Waals surface area contributed by atoms with E-state index >= 15 is 0 Å². The molecule has 0 bridgehead atoms. The van der Waals surface area contributed by atoms with Gasteiger partial charge in [-0.3, -0.25) is 4.79 Å². The van der Waals surface area contributed by atoms with Crippen molar-refractivity contribution in [2.45, 2.75) is 274 Å². The van der Waals surface area contributed by atoms with Crippen molar-refractivity contribution < 1.29 is 64.6 Å². The standard InChI is InChI=1S/C49H93NO13/c1-3-5-7-9-11-12-13-14-15-16-17-18-19-20-21-22-23-24-25-27-28-30-32-38(53)37(50-41(54)33-31-29-26-10-8-6-4-2)36-60-48-46(59)44(57)47(40(35-52)62-48)63-49-45(58)43(56)42(55)39(34-51)61-49/h30,32,37-40,42-49,51-53,55-59H,3-29,31,33-36H2,1-2H3,(H,50,54)/b32-30+. The molecule has 12 unspecified atom stereocenters. The van der Waals surface area contributed by atoms with Crippen LogP contribution in [0.3, 0.4) is 0 Å². The van der Waals surface area contributed by atoms with E-state index in [1.807, 2.05) is 6.08 Å².